The number of hydrogen-bond acceptors (Lipinski definition) is 2. The van der Waals surface area contributed by atoms with Gasteiger partial charge in [0.2, 0.25) is 5.91 Å². The quantitative estimate of drug-likeness (QED) is 0.820. The Morgan fingerprint density at radius 2 is 1.90 bits per heavy atom. The highest BCUT2D eigenvalue weighted by Gasteiger charge is 2.51. The zero-order chi connectivity index (χ0) is 15.1. The van der Waals surface area contributed by atoms with E-state index in [9.17, 15) is 19.1 Å². The third kappa shape index (κ3) is 2.48. The van der Waals surface area contributed by atoms with Crippen LogP contribution in [0.4, 0.5) is 10.1 Å². The molecular weight excluding hydrogens is 341 g/mol. The molecular formula is C15H13BrFNO3. The predicted molar refractivity (Wildman–Crippen MR) is 78.1 cm³/mol. The number of carboxylic acids is 1. The number of fused-ring (bicyclic) bond motifs is 2. The molecule has 1 amide bonds. The molecule has 1 saturated carbocycles. The molecule has 0 aliphatic heterocycles. The van der Waals surface area contributed by atoms with Crippen LogP contribution >= 0.6 is 15.9 Å². The lowest BCUT2D eigenvalue weighted by Gasteiger charge is -2.24. The zero-order valence-corrected chi connectivity index (χ0v) is 12.5. The maximum absolute atomic E-state index is 13.0. The van der Waals surface area contributed by atoms with Crippen LogP contribution in [0.25, 0.3) is 0 Å². The van der Waals surface area contributed by atoms with Crippen molar-refractivity contribution in [2.75, 3.05) is 5.32 Å². The number of allylic oxidation sites excluding steroid dienone is 2. The highest BCUT2D eigenvalue weighted by Crippen LogP contribution is 2.48. The first kappa shape index (κ1) is 14.3. The van der Waals surface area contributed by atoms with E-state index >= 15 is 0 Å². The summed E-state index contributed by atoms with van der Waals surface area (Å²) in [6.07, 6.45) is 4.52. The summed E-state index contributed by atoms with van der Waals surface area (Å²) in [6.45, 7) is 0. The Kier molecular flexibility index (Phi) is 3.57. The fourth-order valence-corrected chi connectivity index (χ4v) is 3.77. The van der Waals surface area contributed by atoms with Gasteiger partial charge in [-0.3, -0.25) is 9.59 Å². The maximum Gasteiger partial charge on any atom is 0.307 e. The Morgan fingerprint density at radius 3 is 2.52 bits per heavy atom. The minimum absolute atomic E-state index is 0.0321. The van der Waals surface area contributed by atoms with Crippen molar-refractivity contribution in [3.8, 4) is 0 Å². The van der Waals surface area contributed by atoms with Crippen LogP contribution in [0.3, 0.4) is 0 Å². The molecule has 0 aromatic heterocycles. The maximum atomic E-state index is 13.0. The Labute approximate surface area is 129 Å². The topological polar surface area (TPSA) is 66.4 Å². The minimum atomic E-state index is -0.940. The van der Waals surface area contributed by atoms with Crippen LogP contribution in [-0.4, -0.2) is 17.0 Å². The van der Waals surface area contributed by atoms with Crippen LogP contribution in [0.15, 0.2) is 34.8 Å². The van der Waals surface area contributed by atoms with E-state index in [0.717, 1.165) is 0 Å². The largest absolute Gasteiger partial charge is 0.481 e. The number of carbonyl (C=O) groups excluding carboxylic acids is 1. The Balaban J connectivity index is 1.82. The Morgan fingerprint density at radius 1 is 1.24 bits per heavy atom. The van der Waals surface area contributed by atoms with Gasteiger partial charge >= 0.3 is 5.97 Å². The third-order valence-electron chi connectivity index (χ3n) is 4.24. The molecule has 2 N–H and O–H groups in total. The lowest BCUT2D eigenvalue weighted by atomic mass is 9.82. The number of halogens is 2. The molecule has 4 nitrogen and oxygen atoms in total. The Hall–Kier alpha value is -1.69. The fourth-order valence-electron chi connectivity index (χ4n) is 3.32. The van der Waals surface area contributed by atoms with E-state index in [1.165, 1.54) is 18.2 Å². The average Bonchev–Trinajstić information content (AvgIpc) is 3.02. The molecule has 1 fully saturated rings. The number of rotatable bonds is 3. The second kappa shape index (κ2) is 5.26. The molecule has 21 heavy (non-hydrogen) atoms. The summed E-state index contributed by atoms with van der Waals surface area (Å²) in [5, 5.41) is 12.0. The first-order chi connectivity index (χ1) is 9.97. The van der Waals surface area contributed by atoms with E-state index in [1.807, 2.05) is 12.2 Å². The SMILES string of the molecule is O=C(O)C1C2C=CC(C2)C1C(=O)Nc1ccc(F)cc1Br. The highest BCUT2D eigenvalue weighted by atomic mass is 79.9. The second-order valence-corrected chi connectivity index (χ2v) is 6.31. The number of carboxylic acid groups (broad SMARTS) is 1. The van der Waals surface area contributed by atoms with E-state index in [4.69, 9.17) is 0 Å². The van der Waals surface area contributed by atoms with Gasteiger partial charge in [0.15, 0.2) is 0 Å². The van der Waals surface area contributed by atoms with Crippen LogP contribution in [0, 0.1) is 29.5 Å². The third-order valence-corrected chi connectivity index (χ3v) is 4.89. The zero-order valence-electron chi connectivity index (χ0n) is 10.9. The molecule has 2 aliphatic carbocycles. The van der Waals surface area contributed by atoms with Gasteiger partial charge in [-0.2, -0.15) is 0 Å². The minimum Gasteiger partial charge on any atom is -0.481 e. The fraction of sp³-hybridized carbons (Fsp3) is 0.333. The smallest absolute Gasteiger partial charge is 0.307 e. The van der Waals surface area contributed by atoms with Crippen LogP contribution in [0.1, 0.15) is 6.42 Å². The highest BCUT2D eigenvalue weighted by molar-refractivity contribution is 9.10. The summed E-state index contributed by atoms with van der Waals surface area (Å²) in [7, 11) is 0. The monoisotopic (exact) mass is 353 g/mol. The van der Waals surface area contributed by atoms with Gasteiger partial charge in [0.25, 0.3) is 0 Å². The first-order valence-electron chi connectivity index (χ1n) is 6.64. The Bertz CT molecular complexity index is 646. The van der Waals surface area contributed by atoms with Crippen LogP contribution < -0.4 is 5.32 Å². The number of hydrogen-bond donors (Lipinski definition) is 2. The van der Waals surface area contributed by atoms with E-state index in [-0.39, 0.29) is 17.7 Å². The van der Waals surface area contributed by atoms with Gasteiger partial charge in [0.05, 0.1) is 17.5 Å². The summed E-state index contributed by atoms with van der Waals surface area (Å²) in [5.41, 5.74) is 0.442. The molecule has 0 saturated heterocycles. The predicted octanol–water partition coefficient (Wildman–Crippen LogP) is 3.05. The molecule has 0 heterocycles. The molecule has 6 heteroatoms. The van der Waals surface area contributed by atoms with Crippen molar-refractivity contribution in [1.82, 2.24) is 0 Å². The number of anilines is 1. The van der Waals surface area contributed by atoms with Gasteiger partial charge in [-0.05, 0) is 52.4 Å². The van der Waals surface area contributed by atoms with Gasteiger partial charge in [0, 0.05) is 4.47 Å². The summed E-state index contributed by atoms with van der Waals surface area (Å²) in [5.74, 6) is -3.04. The molecule has 110 valence electrons. The summed E-state index contributed by atoms with van der Waals surface area (Å²) < 4.78 is 13.5. The van der Waals surface area contributed by atoms with Crippen molar-refractivity contribution >= 4 is 33.5 Å². The van der Waals surface area contributed by atoms with E-state index in [2.05, 4.69) is 21.2 Å². The number of benzene rings is 1. The van der Waals surface area contributed by atoms with E-state index in [1.54, 1.807) is 0 Å². The van der Waals surface area contributed by atoms with Gasteiger partial charge in [-0.15, -0.1) is 0 Å². The van der Waals surface area contributed by atoms with Crippen molar-refractivity contribution in [3.63, 3.8) is 0 Å². The van der Waals surface area contributed by atoms with Crippen LogP contribution in [-0.2, 0) is 9.59 Å². The first-order valence-corrected chi connectivity index (χ1v) is 7.43. The van der Waals surface area contributed by atoms with Gasteiger partial charge in [0.1, 0.15) is 5.82 Å². The molecule has 2 bridgehead atoms. The van der Waals surface area contributed by atoms with E-state index < -0.39 is 23.6 Å². The normalized spacial score (nSPS) is 29.6. The molecule has 4 unspecified atom stereocenters. The summed E-state index contributed by atoms with van der Waals surface area (Å²) in [6, 6.07) is 3.96. The van der Waals surface area contributed by atoms with Crippen LogP contribution in [0.2, 0.25) is 0 Å². The summed E-state index contributed by atoms with van der Waals surface area (Å²) in [4.78, 5) is 23.8. The van der Waals surface area contributed by atoms with Crippen molar-refractivity contribution in [1.29, 1.82) is 0 Å². The van der Waals surface area contributed by atoms with Crippen molar-refractivity contribution in [2.24, 2.45) is 23.7 Å². The van der Waals surface area contributed by atoms with E-state index in [0.29, 0.717) is 16.6 Å². The van der Waals surface area contributed by atoms with Gasteiger partial charge in [-0.1, -0.05) is 12.2 Å². The molecule has 1 aromatic rings. The summed E-state index contributed by atoms with van der Waals surface area (Å²) >= 11 is 3.18. The average molecular weight is 354 g/mol. The molecule has 3 rings (SSSR count). The lowest BCUT2D eigenvalue weighted by molar-refractivity contribution is -0.146. The number of amides is 1. The van der Waals surface area contributed by atoms with Crippen LogP contribution in [0.5, 0.6) is 0 Å². The number of aliphatic carboxylic acids is 1. The molecule has 0 radical (unpaired) electrons. The second-order valence-electron chi connectivity index (χ2n) is 5.45. The standard InChI is InChI=1S/C15H13BrFNO3/c16-10-6-9(17)3-4-11(10)18-14(19)12-7-1-2-8(5-7)13(12)15(20)21/h1-4,6-8,12-13H,5H2,(H,18,19)(H,20,21). The number of nitrogens with one attached hydrogen (secondary N) is 1. The van der Waals surface area contributed by atoms with Crippen molar-refractivity contribution in [2.45, 2.75) is 6.42 Å². The number of carbonyl (C=O) groups is 2. The van der Waals surface area contributed by atoms with Crippen molar-refractivity contribution < 1.29 is 19.1 Å². The lowest BCUT2D eigenvalue weighted by Crippen LogP contribution is -2.36. The molecule has 4 atom stereocenters. The molecule has 0 spiro atoms. The van der Waals surface area contributed by atoms with Gasteiger partial charge < -0.3 is 10.4 Å². The molecule has 2 aliphatic rings. The molecule has 1 aromatic carbocycles. The van der Waals surface area contributed by atoms with Crippen molar-refractivity contribution in [3.05, 3.63) is 40.6 Å². The van der Waals surface area contributed by atoms with Gasteiger partial charge in [-0.25, -0.2) is 4.39 Å².